The number of rotatable bonds is 13. The van der Waals surface area contributed by atoms with E-state index >= 15 is 0 Å². The van der Waals surface area contributed by atoms with Crippen molar-refractivity contribution in [3.63, 3.8) is 0 Å². The van der Waals surface area contributed by atoms with Crippen molar-refractivity contribution in [1.82, 2.24) is 0 Å². The second-order valence-electron chi connectivity index (χ2n) is 10.0. The topological polar surface area (TPSA) is 114 Å². The van der Waals surface area contributed by atoms with Gasteiger partial charge in [-0.05, 0) is 86.1 Å². The van der Waals surface area contributed by atoms with Crippen LogP contribution in [-0.2, 0) is 19.0 Å². The Morgan fingerprint density at radius 1 is 0.947 bits per heavy atom. The van der Waals surface area contributed by atoms with Crippen LogP contribution in [0.25, 0.3) is 6.08 Å². The first-order chi connectivity index (χ1) is 18.4. The summed E-state index contributed by atoms with van der Waals surface area (Å²) in [6.07, 6.45) is 10.7. The minimum absolute atomic E-state index is 0.0299. The number of unbranched alkanes of at least 4 members (excludes halogenated alkanes) is 1. The number of nitrogen functional groups attached to an aromatic ring is 2. The smallest absolute Gasteiger partial charge is 0.338 e. The summed E-state index contributed by atoms with van der Waals surface area (Å²) in [5.74, 6) is -0.717. The molecule has 0 aromatic heterocycles. The normalized spacial score (nSPS) is 18.3. The Balaban J connectivity index is 1.47. The van der Waals surface area contributed by atoms with Crippen molar-refractivity contribution in [2.24, 2.45) is 0 Å². The largest absolute Gasteiger partial charge is 0.462 e. The maximum Gasteiger partial charge on any atom is 0.338 e. The minimum atomic E-state index is -0.426. The van der Waals surface area contributed by atoms with Gasteiger partial charge in [0, 0.05) is 30.0 Å². The zero-order valence-corrected chi connectivity index (χ0v) is 22.7. The molecule has 0 saturated heterocycles. The molecule has 1 fully saturated rings. The molecule has 1 unspecified atom stereocenters. The highest BCUT2D eigenvalue weighted by Gasteiger charge is 2.24. The SMILES string of the molecule is CCCCC(COC(=O)/C=C/c1ccc(C(=O)OC2CCC(OCCC)CC2)cc1)c1cc(N)cc(N)c1. The fourth-order valence-corrected chi connectivity index (χ4v) is 4.68. The summed E-state index contributed by atoms with van der Waals surface area (Å²) in [5.41, 5.74) is 15.4. The van der Waals surface area contributed by atoms with Gasteiger partial charge in [-0.15, -0.1) is 0 Å². The second-order valence-corrected chi connectivity index (χ2v) is 10.0. The molecule has 2 aromatic rings. The van der Waals surface area contributed by atoms with Crippen molar-refractivity contribution >= 4 is 29.4 Å². The van der Waals surface area contributed by atoms with Gasteiger partial charge in [0.25, 0.3) is 0 Å². The molecule has 1 saturated carbocycles. The molecule has 206 valence electrons. The third-order valence-electron chi connectivity index (χ3n) is 6.82. The summed E-state index contributed by atoms with van der Waals surface area (Å²) in [5, 5.41) is 0. The zero-order chi connectivity index (χ0) is 27.3. The van der Waals surface area contributed by atoms with Crippen LogP contribution in [0.1, 0.15) is 92.6 Å². The first kappa shape index (κ1) is 29.2. The van der Waals surface area contributed by atoms with E-state index in [1.54, 1.807) is 36.4 Å². The summed E-state index contributed by atoms with van der Waals surface area (Å²) >= 11 is 0. The zero-order valence-electron chi connectivity index (χ0n) is 22.7. The lowest BCUT2D eigenvalue weighted by Crippen LogP contribution is -2.28. The van der Waals surface area contributed by atoms with Crippen molar-refractivity contribution in [2.45, 2.75) is 83.3 Å². The summed E-state index contributed by atoms with van der Waals surface area (Å²) in [7, 11) is 0. The van der Waals surface area contributed by atoms with Crippen molar-refractivity contribution in [3.05, 3.63) is 65.2 Å². The molecular formula is C31H42N2O5. The van der Waals surface area contributed by atoms with Crippen LogP contribution in [-0.4, -0.2) is 37.4 Å². The molecule has 3 rings (SSSR count). The van der Waals surface area contributed by atoms with Gasteiger partial charge >= 0.3 is 11.9 Å². The number of ether oxygens (including phenoxy) is 3. The van der Waals surface area contributed by atoms with Gasteiger partial charge in [-0.3, -0.25) is 0 Å². The molecule has 1 aliphatic carbocycles. The number of carbonyl (C=O) groups is 2. The minimum Gasteiger partial charge on any atom is -0.462 e. The molecule has 0 aliphatic heterocycles. The Hall–Kier alpha value is -3.32. The predicted octanol–water partition coefficient (Wildman–Crippen LogP) is 6.28. The van der Waals surface area contributed by atoms with E-state index in [0.29, 0.717) is 16.9 Å². The summed E-state index contributed by atoms with van der Waals surface area (Å²) in [6.45, 7) is 5.26. The van der Waals surface area contributed by atoms with Gasteiger partial charge in [0.1, 0.15) is 6.10 Å². The monoisotopic (exact) mass is 522 g/mol. The third-order valence-corrected chi connectivity index (χ3v) is 6.82. The maximum atomic E-state index is 12.6. The lowest BCUT2D eigenvalue weighted by Gasteiger charge is -2.28. The van der Waals surface area contributed by atoms with Gasteiger partial charge < -0.3 is 25.7 Å². The van der Waals surface area contributed by atoms with Gasteiger partial charge in [-0.1, -0.05) is 38.8 Å². The molecular weight excluding hydrogens is 480 g/mol. The van der Waals surface area contributed by atoms with Crippen LogP contribution in [0.15, 0.2) is 48.5 Å². The fourth-order valence-electron chi connectivity index (χ4n) is 4.68. The summed E-state index contributed by atoms with van der Waals surface area (Å²) in [4.78, 5) is 25.0. The van der Waals surface area contributed by atoms with Gasteiger partial charge in [-0.2, -0.15) is 0 Å². The van der Waals surface area contributed by atoms with E-state index in [9.17, 15) is 9.59 Å². The van der Waals surface area contributed by atoms with Crippen molar-refractivity contribution in [1.29, 1.82) is 0 Å². The molecule has 1 atom stereocenters. The second kappa shape index (κ2) is 15.2. The number of esters is 2. The van der Waals surface area contributed by atoms with Gasteiger partial charge in [-0.25, -0.2) is 9.59 Å². The van der Waals surface area contributed by atoms with E-state index in [1.807, 2.05) is 12.1 Å². The lowest BCUT2D eigenvalue weighted by atomic mass is 9.93. The van der Waals surface area contributed by atoms with Gasteiger partial charge in [0.15, 0.2) is 0 Å². The number of hydrogen-bond acceptors (Lipinski definition) is 7. The Kier molecular flexibility index (Phi) is 11.7. The Morgan fingerprint density at radius 3 is 2.24 bits per heavy atom. The highest BCUT2D eigenvalue weighted by molar-refractivity contribution is 5.90. The maximum absolute atomic E-state index is 12.6. The molecule has 0 heterocycles. The molecule has 0 amide bonds. The van der Waals surface area contributed by atoms with Crippen LogP contribution in [0.5, 0.6) is 0 Å². The van der Waals surface area contributed by atoms with Gasteiger partial charge in [0.2, 0.25) is 0 Å². The number of hydrogen-bond donors (Lipinski definition) is 2. The standard InChI is InChI=1S/C31H42N2O5/c1-3-5-6-24(25-18-26(32)20-27(33)19-25)21-37-30(34)16-9-22-7-10-23(11-8-22)31(35)38-29-14-12-28(13-15-29)36-17-4-2/h7-11,16,18-20,24,28-29H,3-6,12-15,17,21,32-33H2,1-2H3/b16-9+. The van der Waals surface area contributed by atoms with Crippen LogP contribution in [0, 0.1) is 0 Å². The number of anilines is 2. The lowest BCUT2D eigenvalue weighted by molar-refractivity contribution is -0.138. The molecule has 0 spiro atoms. The van der Waals surface area contributed by atoms with Crippen LogP contribution >= 0.6 is 0 Å². The van der Waals surface area contributed by atoms with E-state index in [4.69, 9.17) is 25.7 Å². The summed E-state index contributed by atoms with van der Waals surface area (Å²) < 4.78 is 17.0. The van der Waals surface area contributed by atoms with Gasteiger partial charge in [0.05, 0.1) is 18.3 Å². The highest BCUT2D eigenvalue weighted by atomic mass is 16.5. The van der Waals surface area contributed by atoms with E-state index in [0.717, 1.165) is 69.1 Å². The first-order valence-electron chi connectivity index (χ1n) is 13.8. The van der Waals surface area contributed by atoms with Crippen molar-refractivity contribution < 1.29 is 23.8 Å². The highest BCUT2D eigenvalue weighted by Crippen LogP contribution is 2.27. The third kappa shape index (κ3) is 9.53. The van der Waals surface area contributed by atoms with Crippen LogP contribution < -0.4 is 11.5 Å². The van der Waals surface area contributed by atoms with E-state index in [2.05, 4.69) is 13.8 Å². The quantitative estimate of drug-likeness (QED) is 0.181. The Bertz CT molecular complexity index is 1040. The Morgan fingerprint density at radius 2 is 1.61 bits per heavy atom. The van der Waals surface area contributed by atoms with Crippen molar-refractivity contribution in [2.75, 3.05) is 24.7 Å². The van der Waals surface area contributed by atoms with Crippen LogP contribution in [0.3, 0.4) is 0 Å². The molecule has 7 heteroatoms. The average molecular weight is 523 g/mol. The number of nitrogens with two attached hydrogens (primary N) is 2. The number of benzene rings is 2. The Labute approximate surface area is 226 Å². The molecule has 0 bridgehead atoms. The fraction of sp³-hybridized carbons (Fsp3) is 0.484. The molecule has 1 aliphatic rings. The molecule has 7 nitrogen and oxygen atoms in total. The first-order valence-corrected chi connectivity index (χ1v) is 13.8. The average Bonchev–Trinajstić information content (AvgIpc) is 2.91. The van der Waals surface area contributed by atoms with Crippen LogP contribution in [0.2, 0.25) is 0 Å². The summed E-state index contributed by atoms with van der Waals surface area (Å²) in [6, 6.07) is 12.5. The van der Waals surface area contributed by atoms with E-state index in [-0.39, 0.29) is 30.7 Å². The molecule has 4 N–H and O–H groups in total. The van der Waals surface area contributed by atoms with E-state index in [1.165, 1.54) is 6.08 Å². The van der Waals surface area contributed by atoms with Crippen LogP contribution in [0.4, 0.5) is 11.4 Å². The number of carbonyl (C=O) groups excluding carboxylic acids is 2. The predicted molar refractivity (Wildman–Crippen MR) is 152 cm³/mol. The van der Waals surface area contributed by atoms with E-state index < -0.39 is 5.97 Å². The molecule has 0 radical (unpaired) electrons. The molecule has 38 heavy (non-hydrogen) atoms. The van der Waals surface area contributed by atoms with Crippen molar-refractivity contribution in [3.8, 4) is 0 Å². The molecule has 2 aromatic carbocycles.